The van der Waals surface area contributed by atoms with Gasteiger partial charge in [0, 0.05) is 41.9 Å². The van der Waals surface area contributed by atoms with Crippen molar-refractivity contribution in [3.63, 3.8) is 0 Å². The van der Waals surface area contributed by atoms with Gasteiger partial charge in [-0.25, -0.2) is 14.8 Å². The van der Waals surface area contributed by atoms with Crippen molar-refractivity contribution in [3.8, 4) is 0 Å². The standard InChI is InChI=1S/C27H30N4O3S/c1-18(2)23-16-24(31-13-4-5-14-31)30-27(29-23)35-17-19-9-11-20(12-10-19)25(32)28-22-8-6-7-21(15-22)26(33)34-3/h6-12,15-16,18H,4-5,13-14,17H2,1-3H3,(H,28,32). The molecule has 1 aliphatic heterocycles. The van der Waals surface area contributed by atoms with Crippen molar-refractivity contribution in [2.45, 2.75) is 43.5 Å². The summed E-state index contributed by atoms with van der Waals surface area (Å²) >= 11 is 1.61. The van der Waals surface area contributed by atoms with Gasteiger partial charge in [0.1, 0.15) is 5.82 Å². The monoisotopic (exact) mass is 490 g/mol. The SMILES string of the molecule is COC(=O)c1cccc(NC(=O)c2ccc(CSc3nc(C(C)C)cc(N4CCCC4)n3)cc2)c1. The van der Waals surface area contributed by atoms with E-state index in [9.17, 15) is 9.59 Å². The average molecular weight is 491 g/mol. The molecule has 1 N–H and O–H groups in total. The van der Waals surface area contributed by atoms with Crippen molar-refractivity contribution >= 4 is 35.1 Å². The van der Waals surface area contributed by atoms with Crippen molar-refractivity contribution in [3.05, 3.63) is 77.0 Å². The van der Waals surface area contributed by atoms with Crippen molar-refractivity contribution < 1.29 is 14.3 Å². The van der Waals surface area contributed by atoms with Crippen LogP contribution in [0.15, 0.2) is 59.8 Å². The number of nitrogens with one attached hydrogen (secondary N) is 1. The minimum Gasteiger partial charge on any atom is -0.465 e. The number of hydrogen-bond donors (Lipinski definition) is 1. The predicted molar refractivity (Wildman–Crippen MR) is 139 cm³/mol. The maximum Gasteiger partial charge on any atom is 0.337 e. The van der Waals surface area contributed by atoms with Gasteiger partial charge in [0.25, 0.3) is 5.91 Å². The van der Waals surface area contributed by atoms with E-state index in [0.717, 1.165) is 35.3 Å². The number of benzene rings is 2. The Balaban J connectivity index is 1.40. The molecular weight excluding hydrogens is 460 g/mol. The van der Waals surface area contributed by atoms with Crippen molar-refractivity contribution in [1.29, 1.82) is 0 Å². The molecule has 0 atom stereocenters. The third kappa shape index (κ3) is 6.39. The van der Waals surface area contributed by atoms with Gasteiger partial charge in [-0.15, -0.1) is 0 Å². The van der Waals surface area contributed by atoms with E-state index in [-0.39, 0.29) is 5.91 Å². The first-order valence-corrected chi connectivity index (χ1v) is 12.8. The summed E-state index contributed by atoms with van der Waals surface area (Å²) in [5.41, 5.74) is 3.60. The zero-order chi connectivity index (χ0) is 24.8. The first-order valence-electron chi connectivity index (χ1n) is 11.8. The van der Waals surface area contributed by atoms with Crippen molar-refractivity contribution in [1.82, 2.24) is 9.97 Å². The molecule has 0 bridgehead atoms. The molecule has 1 fully saturated rings. The lowest BCUT2D eigenvalue weighted by molar-refractivity contribution is 0.0600. The number of esters is 1. The molecular formula is C27H30N4O3S. The van der Waals surface area contributed by atoms with Crippen LogP contribution < -0.4 is 10.2 Å². The normalized spacial score (nSPS) is 13.2. The third-order valence-corrected chi connectivity index (χ3v) is 6.78. The Kier molecular flexibility index (Phi) is 8.02. The molecule has 8 heteroatoms. The number of ether oxygens (including phenoxy) is 1. The number of methoxy groups -OCH3 is 1. The summed E-state index contributed by atoms with van der Waals surface area (Å²) < 4.78 is 4.73. The molecule has 1 amide bonds. The molecule has 0 aliphatic carbocycles. The summed E-state index contributed by atoms with van der Waals surface area (Å²) in [6, 6.07) is 16.3. The lowest BCUT2D eigenvalue weighted by atomic mass is 10.1. The van der Waals surface area contributed by atoms with Gasteiger partial charge in [0.2, 0.25) is 0 Å². The Hall–Kier alpha value is -3.39. The van der Waals surface area contributed by atoms with Crippen LogP contribution in [-0.2, 0) is 10.5 Å². The van der Waals surface area contributed by atoms with Gasteiger partial charge in [-0.05, 0) is 54.7 Å². The highest BCUT2D eigenvalue weighted by atomic mass is 32.2. The summed E-state index contributed by atoms with van der Waals surface area (Å²) in [5.74, 6) is 1.38. The molecule has 0 saturated carbocycles. The van der Waals surface area contributed by atoms with Gasteiger partial charge in [-0.1, -0.05) is 43.8 Å². The smallest absolute Gasteiger partial charge is 0.337 e. The molecule has 0 spiro atoms. The number of anilines is 2. The minimum atomic E-state index is -0.446. The highest BCUT2D eigenvalue weighted by molar-refractivity contribution is 7.98. The van der Waals surface area contributed by atoms with Gasteiger partial charge in [0.15, 0.2) is 5.16 Å². The second-order valence-corrected chi connectivity index (χ2v) is 9.74. The molecule has 3 aromatic rings. The maximum absolute atomic E-state index is 12.7. The van der Waals surface area contributed by atoms with E-state index >= 15 is 0 Å². The number of nitrogens with zero attached hydrogens (tertiary/aromatic N) is 3. The fourth-order valence-electron chi connectivity index (χ4n) is 3.84. The van der Waals surface area contributed by atoms with E-state index in [1.54, 1.807) is 48.2 Å². The fraction of sp³-hybridized carbons (Fsp3) is 0.333. The Morgan fingerprint density at radius 1 is 1.03 bits per heavy atom. The highest BCUT2D eigenvalue weighted by Gasteiger charge is 2.17. The van der Waals surface area contributed by atoms with Crippen molar-refractivity contribution in [2.75, 3.05) is 30.4 Å². The molecule has 2 aromatic carbocycles. The van der Waals surface area contributed by atoms with Gasteiger partial charge >= 0.3 is 5.97 Å². The zero-order valence-electron chi connectivity index (χ0n) is 20.3. The van der Waals surface area contributed by atoms with E-state index in [0.29, 0.717) is 28.5 Å². The first kappa shape index (κ1) is 24.7. The van der Waals surface area contributed by atoms with Gasteiger partial charge in [0.05, 0.1) is 12.7 Å². The quantitative estimate of drug-likeness (QED) is 0.252. The molecule has 0 radical (unpaired) electrons. The Morgan fingerprint density at radius 2 is 1.77 bits per heavy atom. The van der Waals surface area contributed by atoms with Crippen LogP contribution in [0.25, 0.3) is 0 Å². The molecule has 2 heterocycles. The van der Waals surface area contributed by atoms with E-state index < -0.39 is 5.97 Å². The van der Waals surface area contributed by atoms with Crippen LogP contribution in [0.4, 0.5) is 11.5 Å². The molecule has 1 aromatic heterocycles. The third-order valence-electron chi connectivity index (χ3n) is 5.86. The first-order chi connectivity index (χ1) is 16.9. The van der Waals surface area contributed by atoms with E-state index in [4.69, 9.17) is 14.7 Å². The number of carbonyl (C=O) groups is 2. The predicted octanol–water partition coefficient (Wildman–Crippen LogP) is 5.53. The van der Waals surface area contributed by atoms with Crippen LogP contribution >= 0.6 is 11.8 Å². The van der Waals surface area contributed by atoms with Crippen LogP contribution in [-0.4, -0.2) is 42.0 Å². The number of aromatic nitrogens is 2. The molecule has 35 heavy (non-hydrogen) atoms. The summed E-state index contributed by atoms with van der Waals surface area (Å²) in [5, 5.41) is 3.61. The fourth-order valence-corrected chi connectivity index (χ4v) is 4.66. The Labute approximate surface area is 210 Å². The topological polar surface area (TPSA) is 84.4 Å². The number of hydrogen-bond acceptors (Lipinski definition) is 7. The van der Waals surface area contributed by atoms with Gasteiger partial charge in [-0.2, -0.15) is 0 Å². The van der Waals surface area contributed by atoms with Crippen LogP contribution in [0, 0.1) is 0 Å². The largest absolute Gasteiger partial charge is 0.465 e. The minimum absolute atomic E-state index is 0.241. The molecule has 7 nitrogen and oxygen atoms in total. The zero-order valence-corrected chi connectivity index (χ0v) is 21.1. The maximum atomic E-state index is 12.7. The summed E-state index contributed by atoms with van der Waals surface area (Å²) in [6.45, 7) is 6.41. The summed E-state index contributed by atoms with van der Waals surface area (Å²) in [6.07, 6.45) is 2.42. The van der Waals surface area contributed by atoms with Crippen LogP contribution in [0.2, 0.25) is 0 Å². The summed E-state index contributed by atoms with van der Waals surface area (Å²) in [4.78, 5) is 36.3. The second-order valence-electron chi connectivity index (χ2n) is 8.79. The van der Waals surface area contributed by atoms with Gasteiger partial charge < -0.3 is 15.0 Å². The lowest BCUT2D eigenvalue weighted by Gasteiger charge is -2.18. The highest BCUT2D eigenvalue weighted by Crippen LogP contribution is 2.27. The lowest BCUT2D eigenvalue weighted by Crippen LogP contribution is -2.20. The Morgan fingerprint density at radius 3 is 2.46 bits per heavy atom. The van der Waals surface area contributed by atoms with Gasteiger partial charge in [-0.3, -0.25) is 4.79 Å². The number of thioether (sulfide) groups is 1. The average Bonchev–Trinajstić information content (AvgIpc) is 3.42. The van der Waals surface area contributed by atoms with E-state index in [1.165, 1.54) is 20.0 Å². The van der Waals surface area contributed by atoms with Crippen LogP contribution in [0.5, 0.6) is 0 Å². The molecule has 4 rings (SSSR count). The van der Waals surface area contributed by atoms with Crippen LogP contribution in [0.1, 0.15) is 64.6 Å². The molecule has 1 aliphatic rings. The van der Waals surface area contributed by atoms with Crippen molar-refractivity contribution in [2.24, 2.45) is 0 Å². The molecule has 1 saturated heterocycles. The second kappa shape index (κ2) is 11.4. The molecule has 0 unspecified atom stereocenters. The summed E-state index contributed by atoms with van der Waals surface area (Å²) in [7, 11) is 1.33. The number of amides is 1. The number of rotatable bonds is 8. The van der Waals surface area contributed by atoms with E-state index in [2.05, 4.69) is 30.1 Å². The Bertz CT molecular complexity index is 1190. The number of carbonyl (C=O) groups excluding carboxylic acids is 2. The van der Waals surface area contributed by atoms with Crippen LogP contribution in [0.3, 0.4) is 0 Å². The van der Waals surface area contributed by atoms with E-state index in [1.807, 2.05) is 12.1 Å². The molecule has 182 valence electrons.